The minimum atomic E-state index is -3.87. The molecule has 112 valence electrons. The normalized spacial score (nSPS) is 13.1. The fraction of sp³-hybridized carbons (Fsp3) is 0.462. The third-order valence-electron chi connectivity index (χ3n) is 3.12. The van der Waals surface area contributed by atoms with Gasteiger partial charge in [0, 0.05) is 33.3 Å². The first-order valence-corrected chi connectivity index (χ1v) is 9.37. The highest BCUT2D eigenvalue weighted by Gasteiger charge is 2.21. The summed E-state index contributed by atoms with van der Waals surface area (Å²) in [6.45, 7) is 6.40. The van der Waals surface area contributed by atoms with E-state index in [1.165, 1.54) is 12.1 Å². The Morgan fingerprint density at radius 2 is 1.95 bits per heavy atom. The molecule has 0 bridgehead atoms. The molecule has 1 rings (SSSR count). The van der Waals surface area contributed by atoms with Crippen molar-refractivity contribution in [3.8, 4) is 0 Å². The van der Waals surface area contributed by atoms with Gasteiger partial charge in [0.25, 0.3) is 15.0 Å². The van der Waals surface area contributed by atoms with Crippen molar-refractivity contribution >= 4 is 41.6 Å². The summed E-state index contributed by atoms with van der Waals surface area (Å²) in [6.07, 6.45) is 0.828. The number of hydrogen-bond acceptors (Lipinski definition) is 3. The van der Waals surface area contributed by atoms with Gasteiger partial charge in [0.1, 0.15) is 0 Å². The Bertz CT molecular complexity index is 604. The van der Waals surface area contributed by atoms with E-state index in [1.807, 2.05) is 20.8 Å². The van der Waals surface area contributed by atoms with Crippen LogP contribution in [-0.2, 0) is 9.05 Å². The highest BCUT2D eigenvalue weighted by atomic mass is 79.9. The fourth-order valence-corrected chi connectivity index (χ4v) is 3.32. The van der Waals surface area contributed by atoms with Crippen molar-refractivity contribution in [1.82, 2.24) is 4.90 Å². The lowest BCUT2D eigenvalue weighted by Crippen LogP contribution is -2.38. The van der Waals surface area contributed by atoms with Gasteiger partial charge in [-0.3, -0.25) is 4.79 Å². The maximum atomic E-state index is 12.5. The second kappa shape index (κ2) is 6.91. The van der Waals surface area contributed by atoms with E-state index in [2.05, 4.69) is 15.9 Å². The minimum absolute atomic E-state index is 0.0857. The molecule has 0 spiro atoms. The van der Waals surface area contributed by atoms with Crippen LogP contribution in [0.15, 0.2) is 27.6 Å². The standard InChI is InChI=1S/C13H17BrClNO3S/c1-4-9(3)16(5-2)13(17)10-6-11(14)8-12(7-10)20(15,18)19/h6-9H,4-5H2,1-3H3. The smallest absolute Gasteiger partial charge is 0.261 e. The number of rotatable bonds is 5. The molecule has 0 saturated heterocycles. The summed E-state index contributed by atoms with van der Waals surface area (Å²) in [7, 11) is 1.47. The van der Waals surface area contributed by atoms with Crippen LogP contribution >= 0.6 is 26.6 Å². The van der Waals surface area contributed by atoms with E-state index >= 15 is 0 Å². The van der Waals surface area contributed by atoms with Crippen molar-refractivity contribution < 1.29 is 13.2 Å². The molecule has 1 aromatic carbocycles. The summed E-state index contributed by atoms with van der Waals surface area (Å²) in [5.74, 6) is -0.204. The topological polar surface area (TPSA) is 54.5 Å². The molecule has 7 heteroatoms. The summed E-state index contributed by atoms with van der Waals surface area (Å²) in [4.78, 5) is 14.1. The van der Waals surface area contributed by atoms with Crippen LogP contribution in [0.4, 0.5) is 0 Å². The Morgan fingerprint density at radius 1 is 1.35 bits per heavy atom. The molecule has 0 aromatic heterocycles. The number of amides is 1. The molecule has 0 aliphatic rings. The Morgan fingerprint density at radius 3 is 2.40 bits per heavy atom. The second-order valence-electron chi connectivity index (χ2n) is 4.46. The van der Waals surface area contributed by atoms with E-state index in [1.54, 1.807) is 11.0 Å². The van der Waals surface area contributed by atoms with Gasteiger partial charge in [0.15, 0.2) is 0 Å². The van der Waals surface area contributed by atoms with Crippen LogP contribution in [0, 0.1) is 0 Å². The zero-order chi connectivity index (χ0) is 15.5. The summed E-state index contributed by atoms with van der Waals surface area (Å²) in [5.41, 5.74) is 0.306. The largest absolute Gasteiger partial charge is 0.336 e. The number of benzene rings is 1. The van der Waals surface area contributed by atoms with Crippen LogP contribution in [0.3, 0.4) is 0 Å². The maximum absolute atomic E-state index is 12.5. The van der Waals surface area contributed by atoms with E-state index in [-0.39, 0.29) is 16.8 Å². The quantitative estimate of drug-likeness (QED) is 0.731. The van der Waals surface area contributed by atoms with Crippen molar-refractivity contribution in [2.45, 2.75) is 38.1 Å². The maximum Gasteiger partial charge on any atom is 0.261 e. The van der Waals surface area contributed by atoms with Crippen molar-refractivity contribution in [2.24, 2.45) is 0 Å². The van der Waals surface area contributed by atoms with Crippen LogP contribution in [0.5, 0.6) is 0 Å². The Labute approximate surface area is 132 Å². The lowest BCUT2D eigenvalue weighted by molar-refractivity contribution is 0.0699. The molecule has 0 saturated carbocycles. The zero-order valence-electron chi connectivity index (χ0n) is 11.6. The van der Waals surface area contributed by atoms with Gasteiger partial charge < -0.3 is 4.90 Å². The summed E-state index contributed by atoms with van der Waals surface area (Å²) in [6, 6.07) is 4.36. The number of nitrogens with zero attached hydrogens (tertiary/aromatic N) is 1. The first-order chi connectivity index (χ1) is 9.20. The van der Waals surface area contributed by atoms with Crippen molar-refractivity contribution in [3.63, 3.8) is 0 Å². The Hall–Kier alpha value is -0.590. The molecule has 1 aromatic rings. The van der Waals surface area contributed by atoms with Crippen LogP contribution in [0.2, 0.25) is 0 Å². The SMILES string of the molecule is CCC(C)N(CC)C(=O)c1cc(Br)cc(S(=O)(=O)Cl)c1. The van der Waals surface area contributed by atoms with Crippen molar-refractivity contribution in [3.05, 3.63) is 28.2 Å². The molecule has 0 aliphatic carbocycles. The lowest BCUT2D eigenvalue weighted by Gasteiger charge is -2.27. The van der Waals surface area contributed by atoms with Gasteiger partial charge in [-0.15, -0.1) is 0 Å². The number of halogens is 2. The fourth-order valence-electron chi connectivity index (χ4n) is 1.87. The molecule has 4 nitrogen and oxygen atoms in total. The van der Waals surface area contributed by atoms with Gasteiger partial charge in [-0.25, -0.2) is 8.42 Å². The van der Waals surface area contributed by atoms with Gasteiger partial charge in [-0.2, -0.15) is 0 Å². The monoisotopic (exact) mass is 381 g/mol. The first kappa shape index (κ1) is 17.5. The molecule has 0 N–H and O–H groups in total. The van der Waals surface area contributed by atoms with Gasteiger partial charge in [-0.05, 0) is 38.5 Å². The van der Waals surface area contributed by atoms with Crippen LogP contribution < -0.4 is 0 Å². The summed E-state index contributed by atoms with van der Waals surface area (Å²) < 4.78 is 23.3. The van der Waals surface area contributed by atoms with Crippen LogP contribution in [0.1, 0.15) is 37.6 Å². The van der Waals surface area contributed by atoms with E-state index in [0.29, 0.717) is 16.6 Å². The third-order valence-corrected chi connectivity index (χ3v) is 4.92. The Kier molecular flexibility index (Phi) is 6.04. The molecule has 0 aliphatic heterocycles. The average molecular weight is 383 g/mol. The predicted octanol–water partition coefficient (Wildman–Crippen LogP) is 3.64. The molecular weight excluding hydrogens is 366 g/mol. The van der Waals surface area contributed by atoms with Gasteiger partial charge in [0.2, 0.25) is 0 Å². The number of carbonyl (C=O) groups excluding carboxylic acids is 1. The van der Waals surface area contributed by atoms with Crippen LogP contribution in [-0.4, -0.2) is 31.8 Å². The van der Waals surface area contributed by atoms with Gasteiger partial charge >= 0.3 is 0 Å². The van der Waals surface area contributed by atoms with Crippen molar-refractivity contribution in [1.29, 1.82) is 0 Å². The summed E-state index contributed by atoms with van der Waals surface area (Å²) >= 11 is 3.21. The molecule has 1 unspecified atom stereocenters. The van der Waals surface area contributed by atoms with Crippen molar-refractivity contribution in [2.75, 3.05) is 6.54 Å². The molecule has 1 amide bonds. The van der Waals surface area contributed by atoms with E-state index in [9.17, 15) is 13.2 Å². The molecule has 0 heterocycles. The Balaban J connectivity index is 3.26. The first-order valence-electron chi connectivity index (χ1n) is 6.26. The van der Waals surface area contributed by atoms with E-state index in [4.69, 9.17) is 10.7 Å². The highest BCUT2D eigenvalue weighted by Crippen LogP contribution is 2.23. The van der Waals surface area contributed by atoms with Gasteiger partial charge in [0.05, 0.1) is 4.90 Å². The third kappa shape index (κ3) is 4.20. The lowest BCUT2D eigenvalue weighted by atomic mass is 10.1. The minimum Gasteiger partial charge on any atom is -0.336 e. The predicted molar refractivity (Wildman–Crippen MR) is 83.6 cm³/mol. The van der Waals surface area contributed by atoms with E-state index < -0.39 is 9.05 Å². The molecule has 0 fully saturated rings. The van der Waals surface area contributed by atoms with Gasteiger partial charge in [-0.1, -0.05) is 22.9 Å². The zero-order valence-corrected chi connectivity index (χ0v) is 14.7. The molecular formula is C13H17BrClNO3S. The van der Waals surface area contributed by atoms with E-state index in [0.717, 1.165) is 6.42 Å². The average Bonchev–Trinajstić information content (AvgIpc) is 2.37. The molecule has 20 heavy (non-hydrogen) atoms. The molecule has 1 atom stereocenters. The molecule has 0 radical (unpaired) electrons. The second-order valence-corrected chi connectivity index (χ2v) is 7.94. The number of carbonyl (C=O) groups is 1. The highest BCUT2D eigenvalue weighted by molar-refractivity contribution is 9.10. The summed E-state index contributed by atoms with van der Waals surface area (Å²) in [5, 5.41) is 0. The number of hydrogen-bond donors (Lipinski definition) is 0. The van der Waals surface area contributed by atoms with Crippen LogP contribution in [0.25, 0.3) is 0 Å².